The number of aryl methyl sites for hydroxylation is 1. The first-order valence-electron chi connectivity index (χ1n) is 11.3. The van der Waals surface area contributed by atoms with Gasteiger partial charge in [0.05, 0.1) is 5.69 Å². The lowest BCUT2D eigenvalue weighted by molar-refractivity contribution is 0.0694. The summed E-state index contributed by atoms with van der Waals surface area (Å²) in [6.45, 7) is 3.77. The fourth-order valence-corrected chi connectivity index (χ4v) is 4.35. The Morgan fingerprint density at radius 1 is 1.18 bits per heavy atom. The number of benzene rings is 1. The van der Waals surface area contributed by atoms with Crippen LogP contribution in [0.5, 0.6) is 0 Å². The smallest absolute Gasteiger partial charge is 0.276 e. The molecule has 0 bridgehead atoms. The highest BCUT2D eigenvalue weighted by atomic mass is 16.5. The van der Waals surface area contributed by atoms with E-state index in [0.29, 0.717) is 37.0 Å². The number of likely N-dealkylation sites (tertiary alicyclic amines) is 1. The number of nitrogens with zero attached hydrogens (tertiary/aromatic N) is 6. The SMILES string of the molecule is Cc1onc(C(=O)N2CCCC(c3nc(N(C)C)ncc3-c3ccccc3)C2)c1CN(C)C. The van der Waals surface area contributed by atoms with Crippen molar-refractivity contribution < 1.29 is 9.32 Å². The minimum Gasteiger partial charge on any atom is -0.361 e. The third kappa shape index (κ3) is 4.90. The highest BCUT2D eigenvalue weighted by Crippen LogP contribution is 2.34. The molecule has 0 aliphatic carbocycles. The number of rotatable bonds is 6. The average Bonchev–Trinajstić information content (AvgIpc) is 3.18. The van der Waals surface area contributed by atoms with Crippen molar-refractivity contribution in [1.82, 2.24) is 24.9 Å². The standard InChI is InChI=1S/C25H32N6O2/c1-17-21(16-29(2)3)23(28-33-17)24(32)31-13-9-12-19(15-31)22-20(18-10-7-6-8-11-18)14-26-25(27-22)30(4)5/h6-8,10-11,14,19H,9,12-13,15-16H2,1-5H3. The maximum Gasteiger partial charge on any atom is 0.276 e. The number of carbonyl (C=O) groups excluding carboxylic acids is 1. The second-order valence-electron chi connectivity index (χ2n) is 9.12. The summed E-state index contributed by atoms with van der Waals surface area (Å²) in [5.74, 6) is 1.41. The number of hydrogen-bond donors (Lipinski definition) is 0. The van der Waals surface area contributed by atoms with Gasteiger partial charge in [-0.2, -0.15) is 0 Å². The predicted molar refractivity (Wildman–Crippen MR) is 128 cm³/mol. The van der Waals surface area contributed by atoms with E-state index in [1.807, 2.05) is 74.2 Å². The van der Waals surface area contributed by atoms with E-state index < -0.39 is 0 Å². The van der Waals surface area contributed by atoms with Crippen LogP contribution in [-0.4, -0.2) is 72.1 Å². The van der Waals surface area contributed by atoms with E-state index in [9.17, 15) is 4.79 Å². The molecule has 0 spiro atoms. The maximum absolute atomic E-state index is 13.5. The molecule has 8 heteroatoms. The van der Waals surface area contributed by atoms with E-state index in [1.165, 1.54) is 0 Å². The lowest BCUT2D eigenvalue weighted by Crippen LogP contribution is -2.40. The Morgan fingerprint density at radius 2 is 1.94 bits per heavy atom. The molecule has 0 radical (unpaired) electrons. The molecule has 4 rings (SSSR count). The second-order valence-corrected chi connectivity index (χ2v) is 9.12. The molecule has 1 unspecified atom stereocenters. The zero-order valence-corrected chi connectivity index (χ0v) is 20.1. The van der Waals surface area contributed by atoms with Crippen LogP contribution in [0.4, 0.5) is 5.95 Å². The fourth-order valence-electron chi connectivity index (χ4n) is 4.35. The third-order valence-electron chi connectivity index (χ3n) is 6.05. The monoisotopic (exact) mass is 448 g/mol. The summed E-state index contributed by atoms with van der Waals surface area (Å²) in [6, 6.07) is 10.2. The van der Waals surface area contributed by atoms with Crippen LogP contribution in [0.2, 0.25) is 0 Å². The largest absolute Gasteiger partial charge is 0.361 e. The number of piperidine rings is 1. The lowest BCUT2D eigenvalue weighted by atomic mass is 9.89. The fraction of sp³-hybridized carbons (Fsp3) is 0.440. The molecule has 1 saturated heterocycles. The van der Waals surface area contributed by atoms with E-state index in [0.717, 1.165) is 35.2 Å². The summed E-state index contributed by atoms with van der Waals surface area (Å²) in [7, 11) is 7.83. The van der Waals surface area contributed by atoms with Gasteiger partial charge in [0, 0.05) is 57.0 Å². The predicted octanol–water partition coefficient (Wildman–Crippen LogP) is 3.59. The molecular weight excluding hydrogens is 416 g/mol. The van der Waals surface area contributed by atoms with Gasteiger partial charge in [-0.05, 0) is 39.4 Å². The molecule has 1 fully saturated rings. The highest BCUT2D eigenvalue weighted by molar-refractivity contribution is 5.94. The molecule has 1 amide bonds. The number of carbonyl (C=O) groups is 1. The van der Waals surface area contributed by atoms with Crippen molar-refractivity contribution in [3.8, 4) is 11.1 Å². The van der Waals surface area contributed by atoms with Gasteiger partial charge in [-0.25, -0.2) is 9.97 Å². The summed E-state index contributed by atoms with van der Waals surface area (Å²) in [5.41, 5.74) is 4.37. The summed E-state index contributed by atoms with van der Waals surface area (Å²) < 4.78 is 5.39. The summed E-state index contributed by atoms with van der Waals surface area (Å²) >= 11 is 0. The molecule has 8 nitrogen and oxygen atoms in total. The Morgan fingerprint density at radius 3 is 2.64 bits per heavy atom. The molecule has 0 N–H and O–H groups in total. The number of hydrogen-bond acceptors (Lipinski definition) is 7. The van der Waals surface area contributed by atoms with Gasteiger partial charge in [-0.15, -0.1) is 0 Å². The minimum atomic E-state index is -0.0726. The summed E-state index contributed by atoms with van der Waals surface area (Å²) in [4.78, 5) is 28.8. The van der Waals surface area contributed by atoms with Gasteiger partial charge in [0.15, 0.2) is 5.69 Å². The van der Waals surface area contributed by atoms with Crippen LogP contribution in [0.1, 0.15) is 46.3 Å². The molecule has 3 heterocycles. The Labute approximate surface area is 195 Å². The molecule has 1 aliphatic heterocycles. The van der Waals surface area contributed by atoms with Crippen LogP contribution >= 0.6 is 0 Å². The highest BCUT2D eigenvalue weighted by Gasteiger charge is 2.31. The minimum absolute atomic E-state index is 0.0726. The van der Waals surface area contributed by atoms with Gasteiger partial charge in [-0.1, -0.05) is 35.5 Å². The van der Waals surface area contributed by atoms with Crippen LogP contribution in [0.15, 0.2) is 41.1 Å². The Balaban J connectivity index is 1.65. The van der Waals surface area contributed by atoms with Crippen molar-refractivity contribution in [2.24, 2.45) is 0 Å². The second kappa shape index (κ2) is 9.70. The molecule has 33 heavy (non-hydrogen) atoms. The average molecular weight is 449 g/mol. The number of amides is 1. The molecule has 3 aromatic rings. The van der Waals surface area contributed by atoms with Gasteiger partial charge < -0.3 is 19.2 Å². The number of aromatic nitrogens is 3. The first-order valence-corrected chi connectivity index (χ1v) is 11.3. The Kier molecular flexibility index (Phi) is 6.74. The van der Waals surface area contributed by atoms with E-state index in [2.05, 4.69) is 22.3 Å². The molecule has 1 aliphatic rings. The van der Waals surface area contributed by atoms with E-state index in [-0.39, 0.29) is 11.8 Å². The van der Waals surface area contributed by atoms with Crippen molar-refractivity contribution in [2.75, 3.05) is 46.2 Å². The van der Waals surface area contributed by atoms with Crippen LogP contribution in [-0.2, 0) is 6.54 Å². The van der Waals surface area contributed by atoms with Gasteiger partial charge in [-0.3, -0.25) is 4.79 Å². The molecule has 0 saturated carbocycles. The molecule has 1 aromatic carbocycles. The van der Waals surface area contributed by atoms with Crippen LogP contribution in [0.3, 0.4) is 0 Å². The quantitative estimate of drug-likeness (QED) is 0.570. The lowest BCUT2D eigenvalue weighted by Gasteiger charge is -2.33. The van der Waals surface area contributed by atoms with Gasteiger partial charge >= 0.3 is 0 Å². The van der Waals surface area contributed by atoms with E-state index in [4.69, 9.17) is 9.51 Å². The molecule has 1 atom stereocenters. The van der Waals surface area contributed by atoms with Crippen LogP contribution < -0.4 is 4.90 Å². The van der Waals surface area contributed by atoms with Crippen LogP contribution in [0, 0.1) is 6.92 Å². The zero-order chi connectivity index (χ0) is 23.5. The third-order valence-corrected chi connectivity index (χ3v) is 6.05. The molecule has 2 aromatic heterocycles. The normalized spacial score (nSPS) is 16.3. The van der Waals surface area contributed by atoms with E-state index in [1.54, 1.807) is 0 Å². The topological polar surface area (TPSA) is 78.6 Å². The summed E-state index contributed by atoms with van der Waals surface area (Å²) in [5, 5.41) is 4.12. The van der Waals surface area contributed by atoms with E-state index >= 15 is 0 Å². The first-order chi connectivity index (χ1) is 15.8. The summed E-state index contributed by atoms with van der Waals surface area (Å²) in [6.07, 6.45) is 3.78. The Bertz CT molecular complexity index is 1110. The van der Waals surface area contributed by atoms with Crippen molar-refractivity contribution in [3.05, 3.63) is 59.2 Å². The van der Waals surface area contributed by atoms with Crippen molar-refractivity contribution in [3.63, 3.8) is 0 Å². The first kappa shape index (κ1) is 22.9. The van der Waals surface area contributed by atoms with Gasteiger partial charge in [0.2, 0.25) is 5.95 Å². The maximum atomic E-state index is 13.5. The number of anilines is 1. The Hall–Kier alpha value is -3.26. The molecule has 174 valence electrons. The van der Waals surface area contributed by atoms with Crippen molar-refractivity contribution in [1.29, 1.82) is 0 Å². The van der Waals surface area contributed by atoms with Crippen LogP contribution in [0.25, 0.3) is 11.1 Å². The van der Waals surface area contributed by atoms with Gasteiger partial charge in [0.1, 0.15) is 5.76 Å². The zero-order valence-electron chi connectivity index (χ0n) is 20.1. The van der Waals surface area contributed by atoms with Gasteiger partial charge in [0.25, 0.3) is 5.91 Å². The molecular formula is C25H32N6O2. The van der Waals surface area contributed by atoms with Crippen molar-refractivity contribution in [2.45, 2.75) is 32.2 Å². The van der Waals surface area contributed by atoms with Crippen molar-refractivity contribution >= 4 is 11.9 Å².